The lowest BCUT2D eigenvalue weighted by Crippen LogP contribution is -2.31. The molecule has 1 saturated carbocycles. The molecule has 0 N–H and O–H groups in total. The highest BCUT2D eigenvalue weighted by Gasteiger charge is 2.34. The SMILES string of the molecule is Cc1cccc(CN(C2CC2)S(C)(=O)=O)c1. The van der Waals surface area contributed by atoms with Crippen molar-refractivity contribution >= 4 is 10.0 Å². The molecule has 1 fully saturated rings. The lowest BCUT2D eigenvalue weighted by molar-refractivity contribution is 0.402. The van der Waals surface area contributed by atoms with Crippen molar-refractivity contribution in [2.45, 2.75) is 32.4 Å². The third kappa shape index (κ3) is 2.83. The second-order valence-corrected chi connectivity index (χ2v) is 6.46. The van der Waals surface area contributed by atoms with Crippen molar-refractivity contribution in [2.24, 2.45) is 0 Å². The molecule has 0 saturated heterocycles. The topological polar surface area (TPSA) is 37.4 Å². The molecule has 3 nitrogen and oxygen atoms in total. The standard InChI is InChI=1S/C12H17NO2S/c1-10-4-3-5-11(8-10)9-13(12-6-7-12)16(2,14)15/h3-5,8,12H,6-7,9H2,1-2H3. The number of hydrogen-bond acceptors (Lipinski definition) is 2. The predicted molar refractivity (Wildman–Crippen MR) is 64.6 cm³/mol. The molecule has 0 radical (unpaired) electrons. The van der Waals surface area contributed by atoms with Crippen LogP contribution in [0.25, 0.3) is 0 Å². The van der Waals surface area contributed by atoms with E-state index in [2.05, 4.69) is 0 Å². The number of benzene rings is 1. The molecule has 1 aliphatic carbocycles. The summed E-state index contributed by atoms with van der Waals surface area (Å²) in [7, 11) is -3.08. The lowest BCUT2D eigenvalue weighted by Gasteiger charge is -2.19. The van der Waals surface area contributed by atoms with E-state index in [-0.39, 0.29) is 6.04 Å². The van der Waals surface area contributed by atoms with Crippen molar-refractivity contribution in [3.05, 3.63) is 35.4 Å². The second-order valence-electron chi connectivity index (χ2n) is 4.53. The minimum absolute atomic E-state index is 0.232. The van der Waals surface area contributed by atoms with Gasteiger partial charge in [-0.2, -0.15) is 4.31 Å². The van der Waals surface area contributed by atoms with Crippen LogP contribution >= 0.6 is 0 Å². The molecule has 0 unspecified atom stereocenters. The minimum atomic E-state index is -3.08. The van der Waals surface area contributed by atoms with Gasteiger partial charge in [0, 0.05) is 12.6 Å². The molecule has 0 atom stereocenters. The molecule has 1 aliphatic rings. The molecule has 0 heterocycles. The highest BCUT2D eigenvalue weighted by molar-refractivity contribution is 7.88. The Morgan fingerprint density at radius 3 is 2.56 bits per heavy atom. The van der Waals surface area contributed by atoms with E-state index in [1.807, 2.05) is 31.2 Å². The van der Waals surface area contributed by atoms with Gasteiger partial charge in [0.15, 0.2) is 0 Å². The molecular formula is C12H17NO2S. The third-order valence-electron chi connectivity index (χ3n) is 2.80. The average molecular weight is 239 g/mol. The van der Waals surface area contributed by atoms with Gasteiger partial charge in [0.1, 0.15) is 0 Å². The van der Waals surface area contributed by atoms with Gasteiger partial charge < -0.3 is 0 Å². The fourth-order valence-corrected chi connectivity index (χ4v) is 3.01. The Morgan fingerprint density at radius 1 is 1.38 bits per heavy atom. The maximum absolute atomic E-state index is 11.6. The summed E-state index contributed by atoms with van der Waals surface area (Å²) in [6, 6.07) is 8.24. The molecule has 1 aromatic rings. The van der Waals surface area contributed by atoms with E-state index < -0.39 is 10.0 Å². The molecule has 0 spiro atoms. The number of aryl methyl sites for hydroxylation is 1. The largest absolute Gasteiger partial charge is 0.212 e. The Balaban J connectivity index is 2.18. The molecule has 0 bridgehead atoms. The highest BCUT2D eigenvalue weighted by Crippen LogP contribution is 2.30. The van der Waals surface area contributed by atoms with E-state index in [9.17, 15) is 8.42 Å². The molecule has 0 aromatic heterocycles. The van der Waals surface area contributed by atoms with Crippen LogP contribution in [0.1, 0.15) is 24.0 Å². The van der Waals surface area contributed by atoms with Crippen molar-refractivity contribution in [3.63, 3.8) is 0 Å². The quantitative estimate of drug-likeness (QED) is 0.805. The van der Waals surface area contributed by atoms with Crippen LogP contribution in [0.4, 0.5) is 0 Å². The van der Waals surface area contributed by atoms with Gasteiger partial charge in [-0.3, -0.25) is 0 Å². The van der Waals surface area contributed by atoms with Gasteiger partial charge >= 0.3 is 0 Å². The Labute approximate surface area is 97.1 Å². The number of nitrogens with zero attached hydrogens (tertiary/aromatic N) is 1. The van der Waals surface area contributed by atoms with Gasteiger partial charge in [-0.25, -0.2) is 8.42 Å². The summed E-state index contributed by atoms with van der Waals surface area (Å²) in [5.74, 6) is 0. The summed E-state index contributed by atoms with van der Waals surface area (Å²) in [4.78, 5) is 0. The Morgan fingerprint density at radius 2 is 2.06 bits per heavy atom. The molecule has 16 heavy (non-hydrogen) atoms. The Hall–Kier alpha value is -0.870. The first-order valence-electron chi connectivity index (χ1n) is 5.49. The van der Waals surface area contributed by atoms with Crippen LogP contribution in [0.3, 0.4) is 0 Å². The van der Waals surface area contributed by atoms with E-state index in [4.69, 9.17) is 0 Å². The third-order valence-corrected chi connectivity index (χ3v) is 4.08. The second kappa shape index (κ2) is 4.18. The normalized spacial score (nSPS) is 16.7. The van der Waals surface area contributed by atoms with E-state index in [0.29, 0.717) is 6.54 Å². The van der Waals surface area contributed by atoms with Crippen molar-refractivity contribution in [1.82, 2.24) is 4.31 Å². The van der Waals surface area contributed by atoms with Crippen LogP contribution in [-0.2, 0) is 16.6 Å². The van der Waals surface area contributed by atoms with Crippen LogP contribution in [-0.4, -0.2) is 25.0 Å². The van der Waals surface area contributed by atoms with Gasteiger partial charge in [-0.15, -0.1) is 0 Å². The van der Waals surface area contributed by atoms with Crippen LogP contribution in [0.15, 0.2) is 24.3 Å². The zero-order chi connectivity index (χ0) is 11.8. The summed E-state index contributed by atoms with van der Waals surface area (Å²) >= 11 is 0. The fourth-order valence-electron chi connectivity index (χ4n) is 1.87. The number of hydrogen-bond donors (Lipinski definition) is 0. The van der Waals surface area contributed by atoms with E-state index in [0.717, 1.165) is 18.4 Å². The zero-order valence-corrected chi connectivity index (χ0v) is 10.5. The molecule has 0 aliphatic heterocycles. The lowest BCUT2D eigenvalue weighted by atomic mass is 10.1. The van der Waals surface area contributed by atoms with Crippen molar-refractivity contribution < 1.29 is 8.42 Å². The highest BCUT2D eigenvalue weighted by atomic mass is 32.2. The van der Waals surface area contributed by atoms with Gasteiger partial charge in [-0.1, -0.05) is 29.8 Å². The Bertz CT molecular complexity index is 478. The Kier molecular flexibility index (Phi) is 3.04. The number of sulfonamides is 1. The smallest absolute Gasteiger partial charge is 0.211 e. The summed E-state index contributed by atoms with van der Waals surface area (Å²) in [6.07, 6.45) is 3.29. The predicted octanol–water partition coefficient (Wildman–Crippen LogP) is 1.92. The van der Waals surface area contributed by atoms with Crippen LogP contribution in [0, 0.1) is 6.92 Å². The van der Waals surface area contributed by atoms with E-state index in [1.165, 1.54) is 11.8 Å². The van der Waals surface area contributed by atoms with Crippen molar-refractivity contribution in [2.75, 3.05) is 6.26 Å². The van der Waals surface area contributed by atoms with Crippen LogP contribution in [0.5, 0.6) is 0 Å². The maximum atomic E-state index is 11.6. The van der Waals surface area contributed by atoms with Crippen molar-refractivity contribution in [3.8, 4) is 0 Å². The summed E-state index contributed by atoms with van der Waals surface area (Å²) in [5.41, 5.74) is 2.24. The maximum Gasteiger partial charge on any atom is 0.211 e. The fraction of sp³-hybridized carbons (Fsp3) is 0.500. The molecule has 88 valence electrons. The molecular weight excluding hydrogens is 222 g/mol. The first-order chi connectivity index (χ1) is 7.47. The van der Waals surface area contributed by atoms with Crippen molar-refractivity contribution in [1.29, 1.82) is 0 Å². The minimum Gasteiger partial charge on any atom is -0.212 e. The molecule has 4 heteroatoms. The van der Waals surface area contributed by atoms with Crippen LogP contribution < -0.4 is 0 Å². The van der Waals surface area contributed by atoms with Crippen LogP contribution in [0.2, 0.25) is 0 Å². The first kappa shape index (κ1) is 11.6. The van der Waals surface area contributed by atoms with Gasteiger partial charge in [0.2, 0.25) is 10.0 Å². The summed E-state index contributed by atoms with van der Waals surface area (Å²) in [5, 5.41) is 0. The van der Waals surface area contributed by atoms with Gasteiger partial charge in [-0.05, 0) is 25.3 Å². The van der Waals surface area contributed by atoms with Gasteiger partial charge in [0.25, 0.3) is 0 Å². The number of rotatable bonds is 4. The van der Waals surface area contributed by atoms with E-state index in [1.54, 1.807) is 4.31 Å². The summed E-state index contributed by atoms with van der Waals surface area (Å²) < 4.78 is 24.9. The monoisotopic (exact) mass is 239 g/mol. The zero-order valence-electron chi connectivity index (χ0n) is 9.68. The molecule has 1 aromatic carbocycles. The average Bonchev–Trinajstić information content (AvgIpc) is 2.95. The summed E-state index contributed by atoms with van der Waals surface area (Å²) in [6.45, 7) is 2.52. The van der Waals surface area contributed by atoms with E-state index >= 15 is 0 Å². The first-order valence-corrected chi connectivity index (χ1v) is 7.34. The molecule has 0 amide bonds. The van der Waals surface area contributed by atoms with Gasteiger partial charge in [0.05, 0.1) is 6.26 Å². The molecule has 2 rings (SSSR count).